The molecule has 3 rings (SSSR count). The molecule has 26 heavy (non-hydrogen) atoms. The van der Waals surface area contributed by atoms with E-state index in [9.17, 15) is 9.59 Å². The van der Waals surface area contributed by atoms with E-state index in [2.05, 4.69) is 4.99 Å². The van der Waals surface area contributed by atoms with E-state index >= 15 is 0 Å². The van der Waals surface area contributed by atoms with Crippen molar-refractivity contribution in [3.8, 4) is 0 Å². The van der Waals surface area contributed by atoms with E-state index in [4.69, 9.17) is 16.7 Å². The van der Waals surface area contributed by atoms with Gasteiger partial charge in [0.15, 0.2) is 5.17 Å². The maximum absolute atomic E-state index is 12.6. The number of carboxylic acid groups (broad SMARTS) is 1. The largest absolute Gasteiger partial charge is 0.478 e. The number of amides is 1. The van der Waals surface area contributed by atoms with Gasteiger partial charge in [0.1, 0.15) is 0 Å². The first kappa shape index (κ1) is 18.2. The highest BCUT2D eigenvalue weighted by Gasteiger charge is 2.32. The number of carbonyl (C=O) groups is 2. The summed E-state index contributed by atoms with van der Waals surface area (Å²) in [6, 6.07) is 13.6. The van der Waals surface area contributed by atoms with E-state index < -0.39 is 5.97 Å². The Balaban J connectivity index is 1.94. The van der Waals surface area contributed by atoms with Crippen LogP contribution in [0, 0.1) is 0 Å². The number of nitrogens with zero attached hydrogens (tertiary/aromatic N) is 2. The average molecular weight is 387 g/mol. The van der Waals surface area contributed by atoms with Crippen molar-refractivity contribution in [2.45, 2.75) is 6.92 Å². The number of aliphatic imine (C=N–C) groups is 1. The number of halogens is 1. The van der Waals surface area contributed by atoms with Gasteiger partial charge in [-0.25, -0.2) is 9.79 Å². The Hall–Kier alpha value is -2.57. The van der Waals surface area contributed by atoms with Crippen LogP contribution < -0.4 is 0 Å². The quantitative estimate of drug-likeness (QED) is 0.775. The van der Waals surface area contributed by atoms with E-state index in [0.717, 1.165) is 5.56 Å². The van der Waals surface area contributed by atoms with Crippen LogP contribution in [0.5, 0.6) is 0 Å². The lowest BCUT2D eigenvalue weighted by molar-refractivity contribution is -0.122. The van der Waals surface area contributed by atoms with Gasteiger partial charge in [-0.15, -0.1) is 0 Å². The Morgan fingerprint density at radius 3 is 2.73 bits per heavy atom. The second-order valence-corrected chi connectivity index (χ2v) is 6.91. The first-order valence-corrected chi connectivity index (χ1v) is 9.06. The Labute approximate surface area is 160 Å². The molecule has 0 saturated carbocycles. The van der Waals surface area contributed by atoms with Crippen molar-refractivity contribution in [3.63, 3.8) is 0 Å². The standard InChI is InChI=1S/C19H15ClN2O3S/c1-2-22-17(23)16(10-12-5-3-7-14(20)9-12)26-19(22)21-15-8-4-6-13(11-15)18(24)25/h3-11H,2H2,1H3,(H,24,25)/b16-10-,21-19?. The predicted molar refractivity (Wildman–Crippen MR) is 105 cm³/mol. The predicted octanol–water partition coefficient (Wildman–Crippen LogP) is 4.66. The summed E-state index contributed by atoms with van der Waals surface area (Å²) < 4.78 is 0. The highest BCUT2D eigenvalue weighted by Crippen LogP contribution is 2.34. The van der Waals surface area contributed by atoms with Gasteiger partial charge >= 0.3 is 5.97 Å². The molecule has 0 atom stereocenters. The second-order valence-electron chi connectivity index (χ2n) is 5.46. The molecule has 0 bridgehead atoms. The molecule has 7 heteroatoms. The number of hydrogen-bond donors (Lipinski definition) is 1. The molecule has 1 aliphatic rings. The Bertz CT molecular complexity index is 940. The summed E-state index contributed by atoms with van der Waals surface area (Å²) in [6.07, 6.45) is 1.78. The summed E-state index contributed by atoms with van der Waals surface area (Å²) >= 11 is 7.25. The van der Waals surface area contributed by atoms with E-state index in [1.54, 1.807) is 35.2 Å². The first-order valence-electron chi connectivity index (χ1n) is 7.87. The van der Waals surface area contributed by atoms with Crippen LogP contribution in [0.15, 0.2) is 58.4 Å². The molecule has 1 amide bonds. The van der Waals surface area contributed by atoms with Gasteiger partial charge in [-0.3, -0.25) is 9.69 Å². The molecular weight excluding hydrogens is 372 g/mol. The molecule has 5 nitrogen and oxygen atoms in total. The third-order valence-corrected chi connectivity index (χ3v) is 4.91. The minimum atomic E-state index is -1.02. The molecule has 0 spiro atoms. The topological polar surface area (TPSA) is 70.0 Å². The minimum absolute atomic E-state index is 0.134. The zero-order valence-corrected chi connectivity index (χ0v) is 15.4. The molecule has 2 aromatic rings. The van der Waals surface area contributed by atoms with Crippen molar-refractivity contribution in [2.24, 2.45) is 4.99 Å². The van der Waals surface area contributed by atoms with Crippen molar-refractivity contribution in [1.29, 1.82) is 0 Å². The lowest BCUT2D eigenvalue weighted by Crippen LogP contribution is -2.28. The van der Waals surface area contributed by atoms with Gasteiger partial charge in [-0.05, 0) is 60.7 Å². The number of likely N-dealkylation sites (N-methyl/N-ethyl adjacent to an activating group) is 1. The number of carboxylic acids is 1. The summed E-state index contributed by atoms with van der Waals surface area (Å²) in [5, 5.41) is 10.2. The molecule has 0 unspecified atom stereocenters. The van der Waals surface area contributed by atoms with Gasteiger partial charge in [0, 0.05) is 11.6 Å². The summed E-state index contributed by atoms with van der Waals surface area (Å²) in [7, 11) is 0. The fourth-order valence-electron chi connectivity index (χ4n) is 2.44. The minimum Gasteiger partial charge on any atom is -0.478 e. The van der Waals surface area contributed by atoms with Crippen molar-refractivity contribution in [2.75, 3.05) is 6.54 Å². The van der Waals surface area contributed by atoms with Crippen LogP contribution in [-0.4, -0.2) is 33.6 Å². The van der Waals surface area contributed by atoms with Crippen LogP contribution in [0.4, 0.5) is 5.69 Å². The molecule has 2 aromatic carbocycles. The normalized spacial score (nSPS) is 17.3. The molecule has 0 radical (unpaired) electrons. The van der Waals surface area contributed by atoms with Crippen LogP contribution in [0.25, 0.3) is 6.08 Å². The van der Waals surface area contributed by atoms with E-state index in [1.807, 2.05) is 19.1 Å². The Morgan fingerprint density at radius 1 is 1.27 bits per heavy atom. The van der Waals surface area contributed by atoms with E-state index in [0.29, 0.717) is 27.3 Å². The molecule has 1 heterocycles. The molecule has 1 aliphatic heterocycles. The molecule has 1 saturated heterocycles. The summed E-state index contributed by atoms with van der Waals surface area (Å²) in [6.45, 7) is 2.33. The number of aromatic carboxylic acids is 1. The summed E-state index contributed by atoms with van der Waals surface area (Å²) in [4.78, 5) is 30.3. The van der Waals surface area contributed by atoms with Crippen LogP contribution in [-0.2, 0) is 4.79 Å². The number of thioether (sulfide) groups is 1. The molecule has 132 valence electrons. The average Bonchev–Trinajstić information content (AvgIpc) is 2.89. The smallest absolute Gasteiger partial charge is 0.335 e. The van der Waals surface area contributed by atoms with E-state index in [1.165, 1.54) is 23.9 Å². The fourth-order valence-corrected chi connectivity index (χ4v) is 3.70. The van der Waals surface area contributed by atoms with E-state index in [-0.39, 0.29) is 11.5 Å². The third-order valence-electron chi connectivity index (χ3n) is 3.67. The number of rotatable bonds is 4. The van der Waals surface area contributed by atoms with Crippen molar-refractivity contribution in [1.82, 2.24) is 4.90 Å². The van der Waals surface area contributed by atoms with Crippen molar-refractivity contribution < 1.29 is 14.7 Å². The molecular formula is C19H15ClN2O3S. The highest BCUT2D eigenvalue weighted by atomic mass is 35.5. The van der Waals surface area contributed by atoms with Crippen molar-refractivity contribution in [3.05, 3.63) is 69.6 Å². The van der Waals surface area contributed by atoms with Gasteiger partial charge in [0.05, 0.1) is 16.2 Å². The van der Waals surface area contributed by atoms with Crippen LogP contribution in [0.3, 0.4) is 0 Å². The summed E-state index contributed by atoms with van der Waals surface area (Å²) in [5.74, 6) is -1.15. The molecule has 0 aromatic heterocycles. The lowest BCUT2D eigenvalue weighted by atomic mass is 10.2. The number of amidine groups is 1. The number of hydrogen-bond acceptors (Lipinski definition) is 4. The monoisotopic (exact) mass is 386 g/mol. The zero-order valence-electron chi connectivity index (χ0n) is 13.8. The maximum atomic E-state index is 12.6. The van der Waals surface area contributed by atoms with Crippen LogP contribution in [0.1, 0.15) is 22.8 Å². The maximum Gasteiger partial charge on any atom is 0.335 e. The van der Waals surface area contributed by atoms with Crippen molar-refractivity contribution >= 4 is 52.2 Å². The summed E-state index contributed by atoms with van der Waals surface area (Å²) in [5.41, 5.74) is 1.47. The zero-order chi connectivity index (χ0) is 18.7. The number of benzene rings is 2. The van der Waals surface area contributed by atoms with Crippen LogP contribution in [0.2, 0.25) is 5.02 Å². The lowest BCUT2D eigenvalue weighted by Gasteiger charge is -2.12. The molecule has 0 aliphatic carbocycles. The Morgan fingerprint density at radius 2 is 2.04 bits per heavy atom. The molecule has 1 N–H and O–H groups in total. The number of carbonyl (C=O) groups excluding carboxylic acids is 1. The van der Waals surface area contributed by atoms with Gasteiger partial charge < -0.3 is 5.11 Å². The first-order chi connectivity index (χ1) is 12.5. The van der Waals surface area contributed by atoms with Gasteiger partial charge in [0.25, 0.3) is 5.91 Å². The highest BCUT2D eigenvalue weighted by molar-refractivity contribution is 8.18. The van der Waals surface area contributed by atoms with Crippen LogP contribution >= 0.6 is 23.4 Å². The SMILES string of the molecule is CCN1C(=O)/C(=C/c2cccc(Cl)c2)SC1=Nc1cccc(C(=O)O)c1. The van der Waals surface area contributed by atoms with Gasteiger partial charge in [-0.2, -0.15) is 0 Å². The van der Waals surface area contributed by atoms with Gasteiger partial charge in [-0.1, -0.05) is 29.8 Å². The Kier molecular flexibility index (Phi) is 5.44. The molecule has 1 fully saturated rings. The second kappa shape index (κ2) is 7.76. The van der Waals surface area contributed by atoms with Gasteiger partial charge in [0.2, 0.25) is 0 Å². The fraction of sp³-hybridized carbons (Fsp3) is 0.105. The third kappa shape index (κ3) is 3.98.